The first-order valence-corrected chi connectivity index (χ1v) is 14.5. The number of halogens is 6. The number of amides is 1. The van der Waals surface area contributed by atoms with Gasteiger partial charge in [-0.05, 0) is 61.6 Å². The molecule has 0 bridgehead atoms. The number of alkyl halides is 6. The number of nitro groups is 1. The van der Waals surface area contributed by atoms with Gasteiger partial charge in [0.2, 0.25) is 5.91 Å². The number of fused-ring (bicyclic) bond motifs is 1. The van der Waals surface area contributed by atoms with Gasteiger partial charge in [-0.15, -0.1) is 0 Å². The molecule has 0 atom stereocenters. The standard InChI is InChI=1S/C30H31F6N5O4/c31-29(32,33)21-2-1-20-13-19(16-37-26(20)14-21)17-39-9-11-40(12-10-39)28(42)18-45-24-6-3-22(4-7-24)38-23-5-8-27(41(43)44)25(15-23)30(34,35)36/h1-2,5,8,13-16,22,24,38H,3-4,6-7,9-12,17-18H2/t22-,24-. The van der Waals surface area contributed by atoms with Crippen LogP contribution in [0.4, 0.5) is 37.7 Å². The van der Waals surface area contributed by atoms with Crippen molar-refractivity contribution in [2.75, 3.05) is 38.1 Å². The van der Waals surface area contributed by atoms with Crippen LogP contribution in [0.3, 0.4) is 0 Å². The molecule has 1 aromatic heterocycles. The molecule has 3 aromatic rings. The topological polar surface area (TPSA) is 101 Å². The maximum Gasteiger partial charge on any atom is 0.423 e. The van der Waals surface area contributed by atoms with Crippen LogP contribution >= 0.6 is 0 Å². The van der Waals surface area contributed by atoms with Crippen molar-refractivity contribution in [2.45, 2.75) is 56.7 Å². The number of anilines is 1. The molecule has 1 aliphatic heterocycles. The fourth-order valence-electron chi connectivity index (χ4n) is 5.75. The zero-order valence-electron chi connectivity index (χ0n) is 24.0. The van der Waals surface area contributed by atoms with E-state index >= 15 is 0 Å². The number of nitrogens with one attached hydrogen (secondary N) is 1. The number of nitro benzene ring substituents is 1. The van der Waals surface area contributed by atoms with Gasteiger partial charge in [0, 0.05) is 62.1 Å². The van der Waals surface area contributed by atoms with Crippen molar-refractivity contribution in [3.05, 3.63) is 75.5 Å². The molecule has 1 saturated heterocycles. The van der Waals surface area contributed by atoms with Gasteiger partial charge in [-0.2, -0.15) is 26.3 Å². The Morgan fingerprint density at radius 1 is 0.956 bits per heavy atom. The minimum atomic E-state index is -4.85. The molecule has 2 aromatic carbocycles. The van der Waals surface area contributed by atoms with E-state index in [0.29, 0.717) is 63.8 Å². The second kappa shape index (κ2) is 13.2. The van der Waals surface area contributed by atoms with Crippen LogP contribution in [-0.2, 0) is 28.4 Å². The fraction of sp³-hybridized carbons (Fsp3) is 0.467. The number of carbonyl (C=O) groups excluding carboxylic acids is 1. The predicted octanol–water partition coefficient (Wildman–Crippen LogP) is 6.26. The van der Waals surface area contributed by atoms with E-state index in [2.05, 4.69) is 15.2 Å². The zero-order chi connectivity index (χ0) is 32.4. The first-order chi connectivity index (χ1) is 21.3. The van der Waals surface area contributed by atoms with E-state index in [-0.39, 0.29) is 35.9 Å². The number of carbonyl (C=O) groups is 1. The van der Waals surface area contributed by atoms with Gasteiger partial charge in [0.1, 0.15) is 12.2 Å². The molecule has 9 nitrogen and oxygen atoms in total. The molecular weight excluding hydrogens is 608 g/mol. The van der Waals surface area contributed by atoms with Crippen LogP contribution in [0.25, 0.3) is 10.9 Å². The first kappa shape index (κ1) is 32.4. The molecular formula is C30H31F6N5O4. The highest BCUT2D eigenvalue weighted by atomic mass is 19.4. The van der Waals surface area contributed by atoms with Gasteiger partial charge in [0.05, 0.1) is 22.1 Å². The van der Waals surface area contributed by atoms with Crippen molar-refractivity contribution < 1.29 is 40.8 Å². The average molecular weight is 640 g/mol. The van der Waals surface area contributed by atoms with Crippen LogP contribution in [0.5, 0.6) is 0 Å². The molecule has 242 valence electrons. The fourth-order valence-corrected chi connectivity index (χ4v) is 5.75. The van der Waals surface area contributed by atoms with E-state index in [1.807, 2.05) is 6.07 Å². The van der Waals surface area contributed by atoms with Gasteiger partial charge in [0.15, 0.2) is 0 Å². The summed E-state index contributed by atoms with van der Waals surface area (Å²) in [6.07, 6.45) is -5.46. The maximum atomic E-state index is 13.3. The molecule has 0 radical (unpaired) electrons. The largest absolute Gasteiger partial charge is 0.423 e. The molecule has 0 unspecified atom stereocenters. The zero-order valence-corrected chi connectivity index (χ0v) is 24.0. The lowest BCUT2D eigenvalue weighted by atomic mass is 9.92. The highest BCUT2D eigenvalue weighted by molar-refractivity contribution is 5.80. The number of hydrogen-bond acceptors (Lipinski definition) is 7. The second-order valence-electron chi connectivity index (χ2n) is 11.3. The minimum Gasteiger partial charge on any atom is -0.382 e. The molecule has 1 N–H and O–H groups in total. The summed E-state index contributed by atoms with van der Waals surface area (Å²) < 4.78 is 84.6. The van der Waals surface area contributed by atoms with Crippen LogP contribution in [0.2, 0.25) is 0 Å². The Hall–Kier alpha value is -3.98. The van der Waals surface area contributed by atoms with Crippen LogP contribution < -0.4 is 5.32 Å². The molecule has 1 saturated carbocycles. The Morgan fingerprint density at radius 2 is 1.67 bits per heavy atom. The van der Waals surface area contributed by atoms with Gasteiger partial charge in [-0.3, -0.25) is 24.8 Å². The Morgan fingerprint density at radius 3 is 2.31 bits per heavy atom. The lowest BCUT2D eigenvalue weighted by molar-refractivity contribution is -0.388. The highest BCUT2D eigenvalue weighted by Crippen LogP contribution is 2.38. The molecule has 0 spiro atoms. The van der Waals surface area contributed by atoms with Gasteiger partial charge in [0.25, 0.3) is 5.69 Å². The van der Waals surface area contributed by atoms with Crippen molar-refractivity contribution in [2.24, 2.45) is 0 Å². The molecule has 2 fully saturated rings. The van der Waals surface area contributed by atoms with E-state index in [0.717, 1.165) is 29.8 Å². The van der Waals surface area contributed by atoms with E-state index < -0.39 is 34.1 Å². The third-order valence-corrected chi connectivity index (χ3v) is 8.19. The number of benzene rings is 2. The summed E-state index contributed by atoms with van der Waals surface area (Å²) in [5.74, 6) is -0.131. The lowest BCUT2D eigenvalue weighted by Gasteiger charge is -2.35. The average Bonchev–Trinajstić information content (AvgIpc) is 2.99. The third kappa shape index (κ3) is 8.19. The number of aromatic nitrogens is 1. The number of ether oxygens (including phenoxy) is 1. The Balaban J connectivity index is 1.03. The number of nitrogens with zero attached hydrogens (tertiary/aromatic N) is 4. The predicted molar refractivity (Wildman–Crippen MR) is 152 cm³/mol. The van der Waals surface area contributed by atoms with Crippen LogP contribution in [0, 0.1) is 10.1 Å². The first-order valence-electron chi connectivity index (χ1n) is 14.5. The molecule has 1 amide bonds. The molecule has 1 aliphatic carbocycles. The number of piperazine rings is 1. The smallest absolute Gasteiger partial charge is 0.382 e. The summed E-state index contributed by atoms with van der Waals surface area (Å²) in [6.45, 7) is 2.72. The summed E-state index contributed by atoms with van der Waals surface area (Å²) in [6, 6.07) is 8.06. The second-order valence-corrected chi connectivity index (χ2v) is 11.3. The summed E-state index contributed by atoms with van der Waals surface area (Å²) in [5.41, 5.74) is -1.74. The summed E-state index contributed by atoms with van der Waals surface area (Å²) in [4.78, 5) is 30.8. The Labute approximate surface area is 254 Å². The summed E-state index contributed by atoms with van der Waals surface area (Å²) in [7, 11) is 0. The summed E-state index contributed by atoms with van der Waals surface area (Å²) >= 11 is 0. The Kier molecular flexibility index (Phi) is 9.49. The van der Waals surface area contributed by atoms with Crippen LogP contribution in [0.1, 0.15) is 42.4 Å². The normalized spacial score (nSPS) is 19.9. The number of hydrogen-bond donors (Lipinski definition) is 1. The SMILES string of the molecule is O=C(CO[C@H]1CC[C@H](Nc2ccc([N+](=O)[O-])c(C(F)(F)F)c2)CC1)N1CCN(Cc2cnc3cc(C(F)(F)F)ccc3c2)CC1. The number of rotatable bonds is 8. The summed E-state index contributed by atoms with van der Waals surface area (Å²) in [5, 5.41) is 14.6. The van der Waals surface area contributed by atoms with E-state index in [9.17, 15) is 41.3 Å². The van der Waals surface area contributed by atoms with E-state index in [4.69, 9.17) is 4.74 Å². The highest BCUT2D eigenvalue weighted by Gasteiger charge is 2.38. The maximum absolute atomic E-state index is 13.3. The molecule has 2 aliphatic rings. The monoisotopic (exact) mass is 639 g/mol. The van der Waals surface area contributed by atoms with Crippen molar-refractivity contribution in [1.82, 2.24) is 14.8 Å². The van der Waals surface area contributed by atoms with Gasteiger partial charge >= 0.3 is 12.4 Å². The minimum absolute atomic E-state index is 0.0748. The van der Waals surface area contributed by atoms with Crippen molar-refractivity contribution in [1.29, 1.82) is 0 Å². The quantitative estimate of drug-likeness (QED) is 0.176. The Bertz CT molecular complexity index is 1530. The van der Waals surface area contributed by atoms with Gasteiger partial charge < -0.3 is 15.0 Å². The van der Waals surface area contributed by atoms with Crippen LogP contribution in [0.15, 0.2) is 48.7 Å². The van der Waals surface area contributed by atoms with Gasteiger partial charge in [-0.1, -0.05) is 6.07 Å². The molecule has 2 heterocycles. The molecule has 5 rings (SSSR count). The van der Waals surface area contributed by atoms with Crippen molar-refractivity contribution in [3.8, 4) is 0 Å². The molecule has 15 heteroatoms. The molecule has 45 heavy (non-hydrogen) atoms. The number of pyridine rings is 1. The van der Waals surface area contributed by atoms with Gasteiger partial charge in [-0.25, -0.2) is 0 Å². The van der Waals surface area contributed by atoms with E-state index in [1.165, 1.54) is 12.1 Å². The lowest BCUT2D eigenvalue weighted by Crippen LogP contribution is -2.49. The van der Waals surface area contributed by atoms with E-state index in [1.54, 1.807) is 11.1 Å². The van der Waals surface area contributed by atoms with Crippen molar-refractivity contribution in [3.63, 3.8) is 0 Å². The van der Waals surface area contributed by atoms with Crippen LogP contribution in [-0.4, -0.2) is 70.5 Å². The van der Waals surface area contributed by atoms with Crippen molar-refractivity contribution >= 4 is 28.2 Å². The third-order valence-electron chi connectivity index (χ3n) is 8.19.